The Morgan fingerprint density at radius 1 is 1.52 bits per heavy atom. The highest BCUT2D eigenvalue weighted by Crippen LogP contribution is 2.35. The second-order valence-electron chi connectivity index (χ2n) is 4.92. The standard InChI is InChI=1S/C15H18N2O4/c1-3-8-21-15(18)10(2)12-6-7-16-14-5-4-11(17(19)20)9-13(12)14/h4-6,9-10,16H,3,7-8H2,1-2H3/t10-/m0/s1. The molecule has 0 fully saturated rings. The van der Waals surface area contributed by atoms with E-state index in [1.54, 1.807) is 13.0 Å². The largest absolute Gasteiger partial charge is 0.465 e. The van der Waals surface area contributed by atoms with Crippen molar-refractivity contribution in [3.05, 3.63) is 40.0 Å². The van der Waals surface area contributed by atoms with Gasteiger partial charge in [-0.3, -0.25) is 14.9 Å². The van der Waals surface area contributed by atoms with Crippen LogP contribution in [0.3, 0.4) is 0 Å². The quantitative estimate of drug-likeness (QED) is 0.512. The van der Waals surface area contributed by atoms with Crippen molar-refractivity contribution in [3.63, 3.8) is 0 Å². The lowest BCUT2D eigenvalue weighted by Crippen LogP contribution is -2.20. The highest BCUT2D eigenvalue weighted by molar-refractivity contribution is 5.93. The van der Waals surface area contributed by atoms with Crippen molar-refractivity contribution in [2.24, 2.45) is 5.92 Å². The molecule has 21 heavy (non-hydrogen) atoms. The molecule has 2 rings (SSSR count). The molecule has 0 spiro atoms. The van der Waals surface area contributed by atoms with Gasteiger partial charge in [0.15, 0.2) is 0 Å². The molecule has 1 aliphatic heterocycles. The van der Waals surface area contributed by atoms with Crippen LogP contribution in [0, 0.1) is 16.0 Å². The number of ether oxygens (including phenoxy) is 1. The number of anilines is 1. The molecular formula is C15H18N2O4. The molecule has 0 bridgehead atoms. The molecule has 1 aromatic rings. The number of carbonyl (C=O) groups excluding carboxylic acids is 1. The first-order valence-corrected chi connectivity index (χ1v) is 6.94. The zero-order valence-corrected chi connectivity index (χ0v) is 12.1. The summed E-state index contributed by atoms with van der Waals surface area (Å²) >= 11 is 0. The molecule has 0 amide bonds. The summed E-state index contributed by atoms with van der Waals surface area (Å²) in [6.07, 6.45) is 2.64. The molecule has 112 valence electrons. The van der Waals surface area contributed by atoms with Gasteiger partial charge in [-0.2, -0.15) is 0 Å². The fraction of sp³-hybridized carbons (Fsp3) is 0.400. The van der Waals surface area contributed by atoms with Gasteiger partial charge in [-0.1, -0.05) is 13.0 Å². The maximum atomic E-state index is 12.0. The Balaban J connectivity index is 2.30. The van der Waals surface area contributed by atoms with E-state index in [0.717, 1.165) is 17.7 Å². The van der Waals surface area contributed by atoms with E-state index in [-0.39, 0.29) is 11.7 Å². The molecule has 0 saturated carbocycles. The van der Waals surface area contributed by atoms with Gasteiger partial charge in [0.2, 0.25) is 0 Å². The van der Waals surface area contributed by atoms with Crippen LogP contribution in [0.5, 0.6) is 0 Å². The third kappa shape index (κ3) is 3.21. The molecule has 1 heterocycles. The van der Waals surface area contributed by atoms with Gasteiger partial charge in [-0.15, -0.1) is 0 Å². The Hall–Kier alpha value is -2.37. The van der Waals surface area contributed by atoms with Crippen molar-refractivity contribution >= 4 is 22.9 Å². The van der Waals surface area contributed by atoms with Gasteiger partial charge in [0.1, 0.15) is 0 Å². The minimum absolute atomic E-state index is 0.0116. The first kappa shape index (κ1) is 15.0. The van der Waals surface area contributed by atoms with E-state index < -0.39 is 10.8 Å². The average Bonchev–Trinajstić information content (AvgIpc) is 2.50. The minimum Gasteiger partial charge on any atom is -0.465 e. The van der Waals surface area contributed by atoms with E-state index in [4.69, 9.17) is 4.74 Å². The van der Waals surface area contributed by atoms with Gasteiger partial charge in [0, 0.05) is 29.9 Å². The number of esters is 1. The average molecular weight is 290 g/mol. The van der Waals surface area contributed by atoms with Crippen LogP contribution < -0.4 is 5.32 Å². The Labute approximate surface area is 122 Å². The van der Waals surface area contributed by atoms with E-state index in [9.17, 15) is 14.9 Å². The lowest BCUT2D eigenvalue weighted by Gasteiger charge is -2.22. The second-order valence-corrected chi connectivity index (χ2v) is 4.92. The summed E-state index contributed by atoms with van der Waals surface area (Å²) in [5, 5.41) is 14.1. The van der Waals surface area contributed by atoms with Gasteiger partial charge in [-0.25, -0.2) is 0 Å². The predicted molar refractivity (Wildman–Crippen MR) is 80.0 cm³/mol. The number of nitrogens with zero attached hydrogens (tertiary/aromatic N) is 1. The van der Waals surface area contributed by atoms with E-state index >= 15 is 0 Å². The summed E-state index contributed by atoms with van der Waals surface area (Å²) in [6.45, 7) is 4.67. The molecule has 6 nitrogen and oxygen atoms in total. The van der Waals surface area contributed by atoms with Crippen molar-refractivity contribution < 1.29 is 14.5 Å². The zero-order chi connectivity index (χ0) is 15.4. The molecule has 0 radical (unpaired) electrons. The monoisotopic (exact) mass is 290 g/mol. The van der Waals surface area contributed by atoms with Gasteiger partial charge in [0.05, 0.1) is 17.4 Å². The van der Waals surface area contributed by atoms with Crippen molar-refractivity contribution in [2.45, 2.75) is 20.3 Å². The van der Waals surface area contributed by atoms with Crippen LogP contribution >= 0.6 is 0 Å². The third-order valence-electron chi connectivity index (χ3n) is 3.41. The summed E-state index contributed by atoms with van der Waals surface area (Å²) in [6, 6.07) is 4.62. The first-order chi connectivity index (χ1) is 10.0. The Morgan fingerprint density at radius 3 is 2.95 bits per heavy atom. The van der Waals surface area contributed by atoms with Gasteiger partial charge in [-0.05, 0) is 25.0 Å². The van der Waals surface area contributed by atoms with Crippen LogP contribution in [0.2, 0.25) is 0 Å². The topological polar surface area (TPSA) is 81.5 Å². The van der Waals surface area contributed by atoms with Gasteiger partial charge < -0.3 is 10.1 Å². The molecule has 0 aliphatic carbocycles. The number of fused-ring (bicyclic) bond motifs is 1. The number of carbonyl (C=O) groups is 1. The van der Waals surface area contributed by atoms with Crippen LogP contribution in [-0.2, 0) is 9.53 Å². The van der Waals surface area contributed by atoms with Crippen LogP contribution in [0.4, 0.5) is 11.4 Å². The molecule has 0 saturated heterocycles. The van der Waals surface area contributed by atoms with E-state index in [0.29, 0.717) is 18.7 Å². The number of rotatable bonds is 5. The van der Waals surface area contributed by atoms with Crippen LogP contribution in [0.25, 0.3) is 5.57 Å². The number of nitrogens with one attached hydrogen (secondary N) is 1. The van der Waals surface area contributed by atoms with Crippen molar-refractivity contribution in [1.82, 2.24) is 0 Å². The fourth-order valence-electron chi connectivity index (χ4n) is 2.28. The summed E-state index contributed by atoms with van der Waals surface area (Å²) in [4.78, 5) is 22.5. The molecule has 0 aromatic heterocycles. The van der Waals surface area contributed by atoms with Crippen LogP contribution in [-0.4, -0.2) is 24.0 Å². The summed E-state index contributed by atoms with van der Waals surface area (Å²) in [7, 11) is 0. The fourth-order valence-corrected chi connectivity index (χ4v) is 2.28. The smallest absolute Gasteiger partial charge is 0.313 e. The molecule has 0 unspecified atom stereocenters. The summed E-state index contributed by atoms with van der Waals surface area (Å²) in [5.74, 6) is -0.748. The third-order valence-corrected chi connectivity index (χ3v) is 3.41. The maximum Gasteiger partial charge on any atom is 0.313 e. The lowest BCUT2D eigenvalue weighted by atomic mass is 9.90. The zero-order valence-electron chi connectivity index (χ0n) is 12.1. The van der Waals surface area contributed by atoms with Gasteiger partial charge >= 0.3 is 5.97 Å². The SMILES string of the molecule is CCCOC(=O)[C@@H](C)C1=CCNc2ccc([N+](=O)[O-])cc21. The normalized spacial score (nSPS) is 14.5. The summed E-state index contributed by atoms with van der Waals surface area (Å²) in [5.41, 5.74) is 2.27. The summed E-state index contributed by atoms with van der Waals surface area (Å²) < 4.78 is 5.16. The number of benzene rings is 1. The molecule has 1 N–H and O–H groups in total. The van der Waals surface area contributed by atoms with E-state index in [1.807, 2.05) is 13.0 Å². The van der Waals surface area contributed by atoms with Crippen molar-refractivity contribution in [1.29, 1.82) is 0 Å². The van der Waals surface area contributed by atoms with Crippen molar-refractivity contribution in [3.8, 4) is 0 Å². The molecule has 1 aromatic carbocycles. The maximum absolute atomic E-state index is 12.0. The Kier molecular flexibility index (Phi) is 4.57. The number of nitro benzene ring substituents is 1. The van der Waals surface area contributed by atoms with Crippen LogP contribution in [0.15, 0.2) is 24.3 Å². The Bertz CT molecular complexity index is 595. The number of hydrogen-bond acceptors (Lipinski definition) is 5. The lowest BCUT2D eigenvalue weighted by molar-refractivity contribution is -0.384. The minimum atomic E-state index is -0.445. The Morgan fingerprint density at radius 2 is 2.29 bits per heavy atom. The first-order valence-electron chi connectivity index (χ1n) is 6.94. The van der Waals surface area contributed by atoms with Crippen molar-refractivity contribution in [2.75, 3.05) is 18.5 Å². The van der Waals surface area contributed by atoms with Gasteiger partial charge in [0.25, 0.3) is 5.69 Å². The highest BCUT2D eigenvalue weighted by Gasteiger charge is 2.25. The number of hydrogen-bond donors (Lipinski definition) is 1. The number of non-ortho nitro benzene ring substituents is 1. The van der Waals surface area contributed by atoms with E-state index in [1.165, 1.54) is 12.1 Å². The molecule has 1 atom stereocenters. The number of nitro groups is 1. The molecule has 6 heteroatoms. The molecule has 1 aliphatic rings. The highest BCUT2D eigenvalue weighted by atomic mass is 16.6. The second kappa shape index (κ2) is 6.39. The molecular weight excluding hydrogens is 272 g/mol. The van der Waals surface area contributed by atoms with Crippen LogP contribution in [0.1, 0.15) is 25.8 Å². The van der Waals surface area contributed by atoms with E-state index in [2.05, 4.69) is 5.32 Å². The predicted octanol–water partition coefficient (Wildman–Crippen LogP) is 2.99.